The van der Waals surface area contributed by atoms with E-state index < -0.39 is 46.8 Å². The molecule has 0 spiro atoms. The van der Waals surface area contributed by atoms with Crippen LogP contribution in [0.3, 0.4) is 0 Å². The second-order valence-electron chi connectivity index (χ2n) is 28.6. The molecule has 1 aliphatic rings. The van der Waals surface area contributed by atoms with Gasteiger partial charge in [-0.1, -0.05) is 153 Å². The van der Waals surface area contributed by atoms with Gasteiger partial charge in [-0.05, 0) is 261 Å². The Morgan fingerprint density at radius 2 is 0.889 bits per heavy atom. The monoisotopic (exact) mass is 2050 g/mol. The van der Waals surface area contributed by atoms with E-state index in [4.69, 9.17) is 83.4 Å². The van der Waals surface area contributed by atoms with Gasteiger partial charge in [-0.15, -0.1) is 0 Å². The molecular weight excluding hydrogens is 1970 g/mol. The van der Waals surface area contributed by atoms with Crippen molar-refractivity contribution in [1.29, 1.82) is 0 Å². The average molecular weight is 2060 g/mol. The molecule has 11 rings (SSSR count). The molecule has 22 nitrogen and oxygen atoms in total. The number of amides is 2. The number of carboxylic acids is 2. The van der Waals surface area contributed by atoms with Crippen LogP contribution in [0, 0.1) is 39.2 Å². The number of nitrogens with zero attached hydrogens (tertiary/aromatic N) is 1. The number of nitrogens with two attached hydrogens (primary N) is 1. The number of hydrogen-bond acceptors (Lipinski definition) is 17. The van der Waals surface area contributed by atoms with Crippen molar-refractivity contribution in [2.75, 3.05) is 47.6 Å². The van der Waals surface area contributed by atoms with Gasteiger partial charge in [0.1, 0.15) is 63.4 Å². The predicted molar refractivity (Wildman–Crippen MR) is 491 cm³/mol. The smallest absolute Gasteiger partial charge is 0.494 e. The molecule has 1 saturated heterocycles. The zero-order valence-corrected chi connectivity index (χ0v) is 78.8. The number of aliphatic carboxylic acids is 1. The van der Waals surface area contributed by atoms with E-state index >= 15 is 0 Å². The summed E-state index contributed by atoms with van der Waals surface area (Å²) in [5.41, 5.74) is 7.17. The topological polar surface area (TPSA) is 310 Å². The van der Waals surface area contributed by atoms with Crippen LogP contribution in [0.15, 0.2) is 218 Å². The van der Waals surface area contributed by atoms with Gasteiger partial charge in [0.15, 0.2) is 17.5 Å². The van der Waals surface area contributed by atoms with Crippen LogP contribution in [0.5, 0.6) is 28.7 Å². The molecule has 0 bridgehead atoms. The Labute approximate surface area is 775 Å². The molecule has 0 radical (unpaired) electrons. The van der Waals surface area contributed by atoms with Crippen molar-refractivity contribution in [3.8, 4) is 39.9 Å². The minimum Gasteiger partial charge on any atom is -0.496 e. The minimum absolute atomic E-state index is 0.0741. The molecule has 35 heteroatoms. The Morgan fingerprint density at radius 3 is 1.27 bits per heavy atom. The standard InChI is InChI=1S/C26H25ClFNO5.C18H27BO5.C16H14BrClFNO2.C8H5BrFNO2.C8H9BrFN.C8H7ClO3.C7H4BrFO/c1-26(2,25(31)32)34-20-9-6-16(7-10-20)18-5-4-17(22(28)14-18)12-13-29-24(30)21-15-19(27)8-11-23(21)33-3;1-8-21-15(20)16(2,3)22-14-11-9-13(10-12-14)19-23-17(4,5)18(6,7)24-19;1-22-15-5-4-12(18)9-13(15)16(21)20-7-6-10-2-3-11(17)8-14(10)19;9-7-2-1-6(8(10)5-7)3-4-11(12)13;9-7-2-1-6(3-4-11)8(10)5-7;1-12-7-3-2-5(9)4-6(7)8(10)11;8-6-2-1-5(4-10)7(9)3-6/h4-11,14-15H,12-13H2,1-3H3,(H,29,30)(H,31,32);9-12H,8H2,1-7H3;2-5,8-9H,6-7H2,1H3,(H,20,21);1-5H;1-2,5H,3-4,11H2;2-4H,1H3,(H,10,11);1-4H/b;;;4-3+;;;. The highest BCUT2D eigenvalue weighted by molar-refractivity contribution is 9.11. The number of carboxylic acid groups (broad SMARTS) is 2. The lowest BCUT2D eigenvalue weighted by Crippen LogP contribution is -2.41. The number of benzene rings is 10. The normalized spacial score (nSPS) is 12.1. The fourth-order valence-corrected chi connectivity index (χ4v) is 12.5. The zero-order valence-electron chi connectivity index (χ0n) is 70.2. The summed E-state index contributed by atoms with van der Waals surface area (Å²) in [4.78, 5) is 77.7. The van der Waals surface area contributed by atoms with Crippen LogP contribution in [-0.4, -0.2) is 128 Å². The highest BCUT2D eigenvalue weighted by Gasteiger charge is 2.52. The fraction of sp³-hybridized carbons (Fsp3) is 0.253. The quantitative estimate of drug-likeness (QED) is 0.00840. The summed E-state index contributed by atoms with van der Waals surface area (Å²) in [6.07, 6.45) is 3.60. The number of rotatable bonds is 26. The minimum atomic E-state index is -1.36. The fourth-order valence-electron chi connectivity index (χ4n) is 10.7. The number of aromatic carboxylic acids is 1. The van der Waals surface area contributed by atoms with Crippen molar-refractivity contribution in [3.05, 3.63) is 317 Å². The van der Waals surface area contributed by atoms with Gasteiger partial charge >= 0.3 is 25.0 Å². The summed E-state index contributed by atoms with van der Waals surface area (Å²) >= 11 is 30.0. The largest absolute Gasteiger partial charge is 0.496 e. The van der Waals surface area contributed by atoms with Crippen LogP contribution < -0.4 is 45.5 Å². The molecule has 1 heterocycles. The molecule has 670 valence electrons. The number of methoxy groups -OCH3 is 3. The second kappa shape index (κ2) is 50.9. The Balaban J connectivity index is 0.000000273. The molecule has 1 fully saturated rings. The van der Waals surface area contributed by atoms with Gasteiger partial charge in [0.25, 0.3) is 11.8 Å². The number of aldehydes is 1. The number of carbonyl (C=O) groups excluding carboxylic acids is 4. The summed E-state index contributed by atoms with van der Waals surface area (Å²) in [6.45, 7) is 17.5. The van der Waals surface area contributed by atoms with E-state index in [9.17, 15) is 65.9 Å². The number of nitrogens with one attached hydrogen (secondary N) is 2. The van der Waals surface area contributed by atoms with Crippen LogP contribution >= 0.6 is 98.5 Å². The van der Waals surface area contributed by atoms with Gasteiger partial charge in [-0.3, -0.25) is 24.5 Å². The van der Waals surface area contributed by atoms with Crippen molar-refractivity contribution < 1.29 is 104 Å². The molecule has 0 unspecified atom stereocenters. The van der Waals surface area contributed by atoms with E-state index in [1.165, 1.54) is 102 Å². The lowest BCUT2D eigenvalue weighted by atomic mass is 9.79. The van der Waals surface area contributed by atoms with Gasteiger partial charge in [0, 0.05) is 57.7 Å². The highest BCUT2D eigenvalue weighted by Crippen LogP contribution is 2.37. The second-order valence-corrected chi connectivity index (χ2v) is 33.6. The molecule has 10 aromatic carbocycles. The van der Waals surface area contributed by atoms with Crippen LogP contribution in [0.4, 0.5) is 22.0 Å². The third-order valence-corrected chi connectivity index (χ3v) is 20.8. The lowest BCUT2D eigenvalue weighted by molar-refractivity contribution is -0.401. The number of nitro groups is 1. The van der Waals surface area contributed by atoms with Crippen LogP contribution in [0.2, 0.25) is 15.1 Å². The molecule has 126 heavy (non-hydrogen) atoms. The molecule has 2 amide bonds. The van der Waals surface area contributed by atoms with Crippen LogP contribution in [0.1, 0.15) is 126 Å². The predicted octanol–water partition coefficient (Wildman–Crippen LogP) is 21.7. The average Bonchev–Trinajstić information content (AvgIpc) is 1.62. The number of halogens is 12. The van der Waals surface area contributed by atoms with Crippen molar-refractivity contribution in [3.63, 3.8) is 0 Å². The maximum absolute atomic E-state index is 14.7. The number of hydrogen-bond donors (Lipinski definition) is 5. The summed E-state index contributed by atoms with van der Waals surface area (Å²) < 4.78 is 113. The summed E-state index contributed by atoms with van der Waals surface area (Å²) in [7, 11) is 3.95. The molecule has 0 aliphatic carbocycles. The van der Waals surface area contributed by atoms with Crippen molar-refractivity contribution >= 4 is 153 Å². The third kappa shape index (κ3) is 34.2. The molecular formula is C91H91BBr4Cl3F5N4O18. The maximum atomic E-state index is 14.7. The van der Waals surface area contributed by atoms with Crippen LogP contribution in [0.25, 0.3) is 17.2 Å². The molecule has 0 atom stereocenters. The van der Waals surface area contributed by atoms with E-state index in [0.717, 1.165) is 21.6 Å². The third-order valence-electron chi connectivity index (χ3n) is 18.1. The number of ether oxygens (including phenoxy) is 6. The van der Waals surface area contributed by atoms with Crippen molar-refractivity contribution in [2.45, 2.75) is 104 Å². The number of esters is 1. The summed E-state index contributed by atoms with van der Waals surface area (Å²) in [6, 6.07) is 51.5. The molecule has 0 saturated carbocycles. The SMILES string of the molecule is CCOC(=O)C(C)(C)Oc1ccc(B2OC(C)(C)C(C)(C)O2)cc1.COc1ccc(Cl)cc1C(=O)NCCc1ccc(-c2ccc(OC(C)(C)C(=O)O)cc2)cc1F.COc1ccc(Cl)cc1C(=O)NCCc1ccc(Br)cc1F.COc1ccc(Cl)cc1C(=O)O.NCCc1ccc(Br)cc1F.O=Cc1ccc(Br)cc1F.O=[N+]([O-])/C=C/c1ccc(Br)cc1F. The number of carbonyl (C=O) groups is 6. The lowest BCUT2D eigenvalue weighted by Gasteiger charge is -2.32. The van der Waals surface area contributed by atoms with Gasteiger partial charge in [-0.2, -0.15) is 0 Å². The molecule has 1 aliphatic heterocycles. The zero-order chi connectivity index (χ0) is 94.0. The van der Waals surface area contributed by atoms with Gasteiger partial charge in [0.2, 0.25) is 6.20 Å². The first-order valence-corrected chi connectivity index (χ1v) is 42.3. The first-order chi connectivity index (χ1) is 59.3. The summed E-state index contributed by atoms with van der Waals surface area (Å²) in [5, 5.41) is 34.5. The van der Waals surface area contributed by atoms with Crippen molar-refractivity contribution in [2.24, 2.45) is 5.73 Å². The van der Waals surface area contributed by atoms with Crippen molar-refractivity contribution in [1.82, 2.24) is 10.6 Å². The summed E-state index contributed by atoms with van der Waals surface area (Å²) in [5.74, 6) is -2.89. The van der Waals surface area contributed by atoms with E-state index in [0.29, 0.717) is 142 Å². The Kier molecular flexibility index (Phi) is 43.0. The Hall–Kier alpha value is -10.3. The maximum Gasteiger partial charge on any atom is 0.494 e. The van der Waals surface area contributed by atoms with Gasteiger partial charge in [-0.25, -0.2) is 36.3 Å². The molecule has 0 aromatic heterocycles. The molecule has 6 N–H and O–H groups in total. The van der Waals surface area contributed by atoms with Crippen LogP contribution in [-0.2, 0) is 42.9 Å². The van der Waals surface area contributed by atoms with E-state index in [1.807, 2.05) is 45.9 Å². The first-order valence-electron chi connectivity index (χ1n) is 38.0. The van der Waals surface area contributed by atoms with E-state index in [-0.39, 0.29) is 69.7 Å². The first kappa shape index (κ1) is 106. The Morgan fingerprint density at radius 1 is 0.516 bits per heavy atom. The highest BCUT2D eigenvalue weighted by atomic mass is 79.9. The van der Waals surface area contributed by atoms with E-state index in [2.05, 4.69) is 74.4 Å². The van der Waals surface area contributed by atoms with Gasteiger partial charge in [0.05, 0.1) is 60.8 Å². The Bertz CT molecular complexity index is 5420. The molecule has 10 aromatic rings. The van der Waals surface area contributed by atoms with Gasteiger partial charge < -0.3 is 64.3 Å². The van der Waals surface area contributed by atoms with E-state index in [1.54, 1.807) is 130 Å².